The van der Waals surface area contributed by atoms with Gasteiger partial charge in [-0.05, 0) is 11.6 Å². The van der Waals surface area contributed by atoms with Crippen LogP contribution >= 0.6 is 22.9 Å². The Bertz CT molecular complexity index is 393. The maximum atomic E-state index is 11.6. The van der Waals surface area contributed by atoms with Crippen LogP contribution in [-0.2, 0) is 0 Å². The quantitative estimate of drug-likeness (QED) is 0.759. The number of nitrogens with one attached hydrogen (secondary N) is 1. The summed E-state index contributed by atoms with van der Waals surface area (Å²) in [6.45, 7) is 0.825. The molecule has 1 aliphatic heterocycles. The molecule has 2 heterocycles. The molecular formula is C6H5ClN4O2S. The van der Waals surface area contributed by atoms with Crippen LogP contribution in [0.25, 0.3) is 0 Å². The van der Waals surface area contributed by atoms with Crippen LogP contribution in [0.4, 0.5) is 4.79 Å². The van der Waals surface area contributed by atoms with E-state index in [9.17, 15) is 9.59 Å². The van der Waals surface area contributed by atoms with E-state index in [-0.39, 0.29) is 9.47 Å². The second-order valence-electron chi connectivity index (χ2n) is 2.55. The number of halogens is 1. The van der Waals surface area contributed by atoms with Crippen molar-refractivity contribution in [3.63, 3.8) is 0 Å². The highest BCUT2D eigenvalue weighted by molar-refractivity contribution is 7.17. The van der Waals surface area contributed by atoms with Gasteiger partial charge in [-0.25, -0.2) is 4.79 Å². The molecule has 0 aliphatic carbocycles. The normalized spacial score (nSPS) is 15.8. The van der Waals surface area contributed by atoms with Crippen molar-refractivity contribution in [3.8, 4) is 0 Å². The summed E-state index contributed by atoms with van der Waals surface area (Å²) >= 11 is 6.48. The Balaban J connectivity index is 2.19. The van der Waals surface area contributed by atoms with Crippen molar-refractivity contribution in [1.82, 2.24) is 20.4 Å². The minimum atomic E-state index is -0.454. The van der Waals surface area contributed by atoms with Crippen molar-refractivity contribution >= 4 is 34.9 Å². The lowest BCUT2D eigenvalue weighted by Gasteiger charge is -2.08. The van der Waals surface area contributed by atoms with Gasteiger partial charge in [0.1, 0.15) is 0 Å². The number of imide groups is 1. The molecule has 14 heavy (non-hydrogen) atoms. The largest absolute Gasteiger partial charge is 0.336 e. The third kappa shape index (κ3) is 1.55. The molecule has 0 saturated carbocycles. The number of carbonyl (C=O) groups is 2. The summed E-state index contributed by atoms with van der Waals surface area (Å²) < 4.78 is 0.188. The van der Waals surface area contributed by atoms with E-state index in [0.29, 0.717) is 13.1 Å². The highest BCUT2D eigenvalue weighted by atomic mass is 35.5. The van der Waals surface area contributed by atoms with Crippen molar-refractivity contribution in [1.29, 1.82) is 0 Å². The van der Waals surface area contributed by atoms with Crippen LogP contribution in [0.5, 0.6) is 0 Å². The Morgan fingerprint density at radius 1 is 1.57 bits per heavy atom. The highest BCUT2D eigenvalue weighted by Crippen LogP contribution is 2.17. The Hall–Kier alpha value is -1.21. The lowest BCUT2D eigenvalue weighted by Crippen LogP contribution is -2.34. The van der Waals surface area contributed by atoms with Crippen molar-refractivity contribution in [2.45, 2.75) is 0 Å². The number of amides is 3. The number of aromatic nitrogens is 2. The molecule has 1 N–H and O–H groups in total. The summed E-state index contributed by atoms with van der Waals surface area (Å²) in [7, 11) is 0. The predicted octanol–water partition coefficient (Wildman–Crippen LogP) is 0.357. The van der Waals surface area contributed by atoms with Gasteiger partial charge in [-0.3, -0.25) is 9.69 Å². The monoisotopic (exact) mass is 232 g/mol. The second-order valence-corrected chi connectivity index (χ2v) is 4.11. The van der Waals surface area contributed by atoms with Gasteiger partial charge in [-0.1, -0.05) is 11.3 Å². The van der Waals surface area contributed by atoms with Crippen molar-refractivity contribution < 1.29 is 9.59 Å². The average Bonchev–Trinajstić information content (AvgIpc) is 2.73. The van der Waals surface area contributed by atoms with Crippen molar-refractivity contribution in [2.75, 3.05) is 13.1 Å². The van der Waals surface area contributed by atoms with Crippen LogP contribution in [0.2, 0.25) is 4.47 Å². The molecule has 1 fully saturated rings. The molecule has 2 rings (SSSR count). The summed E-state index contributed by atoms with van der Waals surface area (Å²) in [5.74, 6) is -0.454. The minimum Gasteiger partial charge on any atom is -0.336 e. The topological polar surface area (TPSA) is 75.2 Å². The van der Waals surface area contributed by atoms with Gasteiger partial charge in [-0.15, -0.1) is 10.2 Å². The first kappa shape index (κ1) is 9.35. The summed E-state index contributed by atoms with van der Waals surface area (Å²) in [4.78, 5) is 23.8. The summed E-state index contributed by atoms with van der Waals surface area (Å²) in [5.41, 5.74) is 0. The fourth-order valence-corrected chi connectivity index (χ4v) is 1.85. The predicted molar refractivity (Wildman–Crippen MR) is 49.4 cm³/mol. The van der Waals surface area contributed by atoms with Crippen LogP contribution in [0, 0.1) is 0 Å². The lowest BCUT2D eigenvalue weighted by atomic mass is 10.5. The zero-order valence-electron chi connectivity index (χ0n) is 6.86. The van der Waals surface area contributed by atoms with Gasteiger partial charge in [0.15, 0.2) is 0 Å². The highest BCUT2D eigenvalue weighted by Gasteiger charge is 2.29. The van der Waals surface area contributed by atoms with Crippen LogP contribution in [0.15, 0.2) is 0 Å². The number of rotatable bonds is 1. The van der Waals surface area contributed by atoms with Gasteiger partial charge >= 0.3 is 6.03 Å². The van der Waals surface area contributed by atoms with E-state index in [1.165, 1.54) is 0 Å². The first-order valence-electron chi connectivity index (χ1n) is 3.77. The molecule has 0 spiro atoms. The molecule has 0 unspecified atom stereocenters. The van der Waals surface area contributed by atoms with Gasteiger partial charge in [0, 0.05) is 13.1 Å². The molecule has 0 aromatic carbocycles. The second kappa shape index (κ2) is 3.50. The van der Waals surface area contributed by atoms with E-state index >= 15 is 0 Å². The Morgan fingerprint density at radius 3 is 2.86 bits per heavy atom. The van der Waals surface area contributed by atoms with Crippen molar-refractivity contribution in [2.24, 2.45) is 0 Å². The number of carbonyl (C=O) groups excluding carboxylic acids is 2. The lowest BCUT2D eigenvalue weighted by molar-refractivity contribution is 0.0828. The maximum Gasteiger partial charge on any atom is 0.324 e. The molecule has 1 aromatic rings. The number of nitrogens with zero attached hydrogens (tertiary/aromatic N) is 3. The third-order valence-electron chi connectivity index (χ3n) is 1.69. The average molecular weight is 233 g/mol. The molecule has 74 valence electrons. The van der Waals surface area contributed by atoms with Crippen LogP contribution in [0.3, 0.4) is 0 Å². The van der Waals surface area contributed by atoms with E-state index in [2.05, 4.69) is 15.5 Å². The van der Waals surface area contributed by atoms with Gasteiger partial charge < -0.3 is 5.32 Å². The molecule has 6 nitrogen and oxygen atoms in total. The minimum absolute atomic E-state index is 0.132. The fourth-order valence-electron chi connectivity index (χ4n) is 1.07. The Kier molecular flexibility index (Phi) is 2.34. The Labute approximate surface area is 87.9 Å². The number of hydrogen-bond acceptors (Lipinski definition) is 5. The zero-order valence-corrected chi connectivity index (χ0v) is 8.43. The maximum absolute atomic E-state index is 11.6. The zero-order chi connectivity index (χ0) is 10.1. The van der Waals surface area contributed by atoms with E-state index < -0.39 is 11.9 Å². The van der Waals surface area contributed by atoms with Gasteiger partial charge in [-0.2, -0.15) is 0 Å². The standard InChI is InChI=1S/C6H5ClN4O2S/c7-5-10-9-3(14-5)4(12)11-2-1-8-6(11)13/h1-2H2,(H,8,13). The van der Waals surface area contributed by atoms with Crippen molar-refractivity contribution in [3.05, 3.63) is 9.47 Å². The summed E-state index contributed by atoms with van der Waals surface area (Å²) in [6.07, 6.45) is 0. The first-order chi connectivity index (χ1) is 6.68. The van der Waals surface area contributed by atoms with Crippen LogP contribution < -0.4 is 5.32 Å². The van der Waals surface area contributed by atoms with Gasteiger partial charge in [0.05, 0.1) is 0 Å². The van der Waals surface area contributed by atoms with Crippen LogP contribution in [-0.4, -0.2) is 40.1 Å². The third-order valence-corrected chi connectivity index (χ3v) is 2.69. The molecule has 8 heteroatoms. The molecule has 0 bridgehead atoms. The van der Waals surface area contributed by atoms with Gasteiger partial charge in [0.25, 0.3) is 5.91 Å². The van der Waals surface area contributed by atoms with E-state index in [0.717, 1.165) is 16.2 Å². The smallest absolute Gasteiger partial charge is 0.324 e. The SMILES string of the molecule is O=C1NCCN1C(=O)c1nnc(Cl)s1. The molecule has 0 radical (unpaired) electrons. The summed E-state index contributed by atoms with van der Waals surface area (Å²) in [5, 5.41) is 9.70. The molecule has 1 saturated heterocycles. The molecule has 0 atom stereocenters. The van der Waals surface area contributed by atoms with E-state index in [4.69, 9.17) is 11.6 Å². The Morgan fingerprint density at radius 2 is 2.36 bits per heavy atom. The molecule has 1 aromatic heterocycles. The van der Waals surface area contributed by atoms with Crippen LogP contribution in [0.1, 0.15) is 9.80 Å². The molecule has 3 amide bonds. The fraction of sp³-hybridized carbons (Fsp3) is 0.333. The molecular weight excluding hydrogens is 228 g/mol. The summed E-state index contributed by atoms with van der Waals surface area (Å²) in [6, 6.07) is -0.402. The first-order valence-corrected chi connectivity index (χ1v) is 4.96. The number of urea groups is 1. The molecule has 1 aliphatic rings. The van der Waals surface area contributed by atoms with Gasteiger partial charge in [0.2, 0.25) is 9.47 Å². The number of hydrogen-bond donors (Lipinski definition) is 1. The van der Waals surface area contributed by atoms with E-state index in [1.807, 2.05) is 0 Å². The van der Waals surface area contributed by atoms with E-state index in [1.54, 1.807) is 0 Å².